The van der Waals surface area contributed by atoms with Crippen LogP contribution in [0.4, 0.5) is 0 Å². The normalized spacial score (nSPS) is 13.3. The molecule has 2 aromatic carbocycles. The predicted octanol–water partition coefficient (Wildman–Crippen LogP) is 4.65. The SMILES string of the molecule is COc1ccc([S+]2c3ccccc3Sc3ccccc32)cn1. The molecular formula is C18H14NOS2+. The summed E-state index contributed by atoms with van der Waals surface area (Å²) in [7, 11) is 1.54. The Labute approximate surface area is 136 Å². The zero-order chi connectivity index (χ0) is 14.9. The number of ether oxygens (including phenoxy) is 1. The third kappa shape index (κ3) is 2.28. The monoisotopic (exact) mass is 324 g/mol. The number of pyridine rings is 1. The molecule has 0 bridgehead atoms. The Kier molecular flexibility index (Phi) is 3.56. The van der Waals surface area contributed by atoms with Crippen molar-refractivity contribution in [1.82, 2.24) is 4.98 Å². The van der Waals surface area contributed by atoms with Gasteiger partial charge in [0.25, 0.3) is 0 Å². The van der Waals surface area contributed by atoms with Gasteiger partial charge in [0.15, 0.2) is 14.7 Å². The maximum atomic E-state index is 5.18. The Balaban J connectivity index is 1.90. The van der Waals surface area contributed by atoms with Crippen LogP contribution < -0.4 is 4.74 Å². The Morgan fingerprint density at radius 3 is 2.05 bits per heavy atom. The molecule has 3 aromatic rings. The molecular weight excluding hydrogens is 310 g/mol. The van der Waals surface area contributed by atoms with Crippen molar-refractivity contribution < 1.29 is 4.74 Å². The molecule has 1 aromatic heterocycles. The molecule has 0 aliphatic carbocycles. The lowest BCUT2D eigenvalue weighted by Gasteiger charge is -2.18. The molecule has 0 amide bonds. The molecule has 22 heavy (non-hydrogen) atoms. The zero-order valence-electron chi connectivity index (χ0n) is 12.0. The van der Waals surface area contributed by atoms with E-state index in [0.717, 1.165) is 0 Å². The summed E-state index contributed by atoms with van der Waals surface area (Å²) in [6, 6.07) is 21.4. The number of benzene rings is 2. The Morgan fingerprint density at radius 2 is 1.50 bits per heavy atom. The van der Waals surface area contributed by atoms with Crippen molar-refractivity contribution >= 4 is 22.7 Å². The molecule has 0 atom stereocenters. The highest BCUT2D eigenvalue weighted by Gasteiger charge is 2.37. The fraction of sp³-hybridized carbons (Fsp3) is 0.0556. The number of aromatic nitrogens is 1. The van der Waals surface area contributed by atoms with Crippen molar-refractivity contribution in [3.05, 3.63) is 66.9 Å². The molecule has 2 heterocycles. The summed E-state index contributed by atoms with van der Waals surface area (Å²) < 4.78 is 5.18. The van der Waals surface area contributed by atoms with E-state index in [-0.39, 0.29) is 10.9 Å². The van der Waals surface area contributed by atoms with Crippen LogP contribution in [0.2, 0.25) is 0 Å². The van der Waals surface area contributed by atoms with E-state index in [1.165, 1.54) is 24.5 Å². The first-order valence-corrected chi connectivity index (χ1v) is 9.01. The summed E-state index contributed by atoms with van der Waals surface area (Å²) in [5, 5.41) is 0. The van der Waals surface area contributed by atoms with Crippen LogP contribution in [0.15, 0.2) is 91.3 Å². The molecule has 4 rings (SSSR count). The molecule has 0 unspecified atom stereocenters. The molecule has 1 aliphatic heterocycles. The summed E-state index contributed by atoms with van der Waals surface area (Å²) in [5.74, 6) is 0.653. The first kappa shape index (κ1) is 13.7. The number of hydrogen-bond donors (Lipinski definition) is 0. The minimum Gasteiger partial charge on any atom is -0.481 e. The molecule has 2 nitrogen and oxygen atoms in total. The largest absolute Gasteiger partial charge is 0.481 e. The van der Waals surface area contributed by atoms with Crippen molar-refractivity contribution in [3.8, 4) is 5.88 Å². The van der Waals surface area contributed by atoms with Crippen molar-refractivity contribution in [3.63, 3.8) is 0 Å². The van der Waals surface area contributed by atoms with Gasteiger partial charge in [-0.05, 0) is 24.3 Å². The van der Waals surface area contributed by atoms with Crippen LogP contribution in [-0.2, 0) is 10.9 Å². The van der Waals surface area contributed by atoms with Gasteiger partial charge in [-0.15, -0.1) is 0 Å². The summed E-state index contributed by atoms with van der Waals surface area (Å²) in [6.45, 7) is 0. The lowest BCUT2D eigenvalue weighted by molar-refractivity contribution is 0.397. The van der Waals surface area contributed by atoms with E-state index < -0.39 is 0 Å². The summed E-state index contributed by atoms with van der Waals surface area (Å²) in [4.78, 5) is 11.0. The predicted molar refractivity (Wildman–Crippen MR) is 90.0 cm³/mol. The van der Waals surface area contributed by atoms with Gasteiger partial charge in [0, 0.05) is 12.1 Å². The van der Waals surface area contributed by atoms with Gasteiger partial charge >= 0.3 is 0 Å². The van der Waals surface area contributed by atoms with Crippen LogP contribution in [0.1, 0.15) is 0 Å². The van der Waals surface area contributed by atoms with Gasteiger partial charge in [-0.25, -0.2) is 4.98 Å². The van der Waals surface area contributed by atoms with E-state index in [1.807, 2.05) is 24.0 Å². The van der Waals surface area contributed by atoms with Gasteiger partial charge in [-0.3, -0.25) is 0 Å². The second-order valence-electron chi connectivity index (χ2n) is 4.84. The Hall–Kier alpha value is -1.91. The van der Waals surface area contributed by atoms with Gasteiger partial charge in [0.2, 0.25) is 5.88 Å². The number of methoxy groups -OCH3 is 1. The summed E-state index contributed by atoms with van der Waals surface area (Å²) in [5.41, 5.74) is 0. The van der Waals surface area contributed by atoms with E-state index in [4.69, 9.17) is 4.74 Å². The molecule has 4 heteroatoms. The second kappa shape index (κ2) is 5.71. The van der Waals surface area contributed by atoms with E-state index >= 15 is 0 Å². The maximum absolute atomic E-state index is 5.18. The van der Waals surface area contributed by atoms with Crippen molar-refractivity contribution in [2.75, 3.05) is 7.11 Å². The summed E-state index contributed by atoms with van der Waals surface area (Å²) >= 11 is 1.85. The first-order valence-electron chi connectivity index (χ1n) is 6.97. The second-order valence-corrected chi connectivity index (χ2v) is 7.89. The van der Waals surface area contributed by atoms with Crippen LogP contribution in [0.5, 0.6) is 5.88 Å². The molecule has 108 valence electrons. The lowest BCUT2D eigenvalue weighted by atomic mass is 10.3. The molecule has 0 spiro atoms. The molecule has 0 N–H and O–H groups in total. The average Bonchev–Trinajstić information content (AvgIpc) is 2.60. The van der Waals surface area contributed by atoms with Crippen LogP contribution in [0.3, 0.4) is 0 Å². The fourth-order valence-electron chi connectivity index (χ4n) is 2.51. The van der Waals surface area contributed by atoms with E-state index in [0.29, 0.717) is 5.88 Å². The van der Waals surface area contributed by atoms with Crippen molar-refractivity contribution in [1.29, 1.82) is 0 Å². The molecule has 0 fully saturated rings. The molecule has 0 saturated carbocycles. The maximum Gasteiger partial charge on any atom is 0.213 e. The Morgan fingerprint density at radius 1 is 0.864 bits per heavy atom. The minimum absolute atomic E-state index is 0.107. The van der Waals surface area contributed by atoms with E-state index in [1.54, 1.807) is 7.11 Å². The fourth-order valence-corrected chi connectivity index (χ4v) is 6.20. The van der Waals surface area contributed by atoms with Crippen molar-refractivity contribution in [2.24, 2.45) is 0 Å². The summed E-state index contributed by atoms with van der Waals surface area (Å²) in [6.07, 6.45) is 1.94. The van der Waals surface area contributed by atoms with Crippen LogP contribution >= 0.6 is 11.8 Å². The molecule has 0 radical (unpaired) electrons. The van der Waals surface area contributed by atoms with Gasteiger partial charge in [0.1, 0.15) is 10.9 Å². The van der Waals surface area contributed by atoms with Crippen LogP contribution in [-0.4, -0.2) is 12.1 Å². The zero-order valence-corrected chi connectivity index (χ0v) is 13.7. The standard InChI is InChI=1S/C18H14NOS2/c1-20-18-11-10-13(12-19-18)22-16-8-4-2-6-14(16)21-15-7-3-5-9-17(15)22/h2-12H,1H3/q+1. The molecule has 0 saturated heterocycles. The van der Waals surface area contributed by atoms with Gasteiger partial charge in [-0.2, -0.15) is 0 Å². The highest BCUT2D eigenvalue weighted by atomic mass is 32.2. The lowest BCUT2D eigenvalue weighted by Crippen LogP contribution is -2.11. The average molecular weight is 324 g/mol. The Bertz CT molecular complexity index is 772. The quantitative estimate of drug-likeness (QED) is 0.501. The highest BCUT2D eigenvalue weighted by molar-refractivity contribution is 8.04. The van der Waals surface area contributed by atoms with Gasteiger partial charge < -0.3 is 4.74 Å². The van der Waals surface area contributed by atoms with Gasteiger partial charge in [-0.1, -0.05) is 36.0 Å². The van der Waals surface area contributed by atoms with Crippen LogP contribution in [0.25, 0.3) is 0 Å². The minimum atomic E-state index is -0.107. The third-order valence-corrected chi connectivity index (χ3v) is 7.23. The van der Waals surface area contributed by atoms with Crippen molar-refractivity contribution in [2.45, 2.75) is 24.5 Å². The first-order chi connectivity index (χ1) is 10.9. The number of rotatable bonds is 2. The third-order valence-electron chi connectivity index (χ3n) is 3.51. The highest BCUT2D eigenvalue weighted by Crippen LogP contribution is 2.47. The number of nitrogens with zero attached hydrogens (tertiary/aromatic N) is 1. The van der Waals surface area contributed by atoms with E-state index in [2.05, 4.69) is 59.6 Å². The van der Waals surface area contributed by atoms with Gasteiger partial charge in [0.05, 0.1) is 23.1 Å². The topological polar surface area (TPSA) is 22.1 Å². The number of fused-ring (bicyclic) bond motifs is 2. The van der Waals surface area contributed by atoms with Crippen LogP contribution in [0, 0.1) is 0 Å². The smallest absolute Gasteiger partial charge is 0.213 e. The number of hydrogen-bond acceptors (Lipinski definition) is 3. The molecule has 1 aliphatic rings. The van der Waals surface area contributed by atoms with E-state index in [9.17, 15) is 0 Å².